The Kier molecular flexibility index (Phi) is 21.4. The average molecular weight is 377 g/mol. The zero-order valence-corrected chi connectivity index (χ0v) is 19.5. The lowest BCUT2D eigenvalue weighted by molar-refractivity contribution is 0.487. The largest absolute Gasteiger partial charge is 0.0843 e. The number of hydrogen-bond acceptors (Lipinski definition) is 0. The average Bonchev–Trinajstić information content (AvgIpc) is 2.68. The number of allylic oxidation sites excluding steroid dienone is 4. The molecule has 2 unspecified atom stereocenters. The highest BCUT2D eigenvalue weighted by Crippen LogP contribution is 2.17. The molecule has 0 aromatic heterocycles. The van der Waals surface area contributed by atoms with Gasteiger partial charge >= 0.3 is 0 Å². The van der Waals surface area contributed by atoms with Gasteiger partial charge in [-0.2, -0.15) is 0 Å². The Morgan fingerprint density at radius 3 is 1.67 bits per heavy atom. The van der Waals surface area contributed by atoms with Gasteiger partial charge in [-0.05, 0) is 31.1 Å². The normalized spacial score (nSPS) is 14.4. The molecule has 0 heterocycles. The molecule has 0 aromatic rings. The van der Waals surface area contributed by atoms with Crippen molar-refractivity contribution in [2.24, 2.45) is 11.8 Å². The summed E-state index contributed by atoms with van der Waals surface area (Å²) in [4.78, 5) is 0. The van der Waals surface area contributed by atoms with E-state index in [9.17, 15) is 0 Å². The molecule has 0 bridgehead atoms. The van der Waals surface area contributed by atoms with Crippen LogP contribution in [-0.4, -0.2) is 0 Å². The van der Waals surface area contributed by atoms with Crippen LogP contribution in [0.3, 0.4) is 0 Å². The van der Waals surface area contributed by atoms with Crippen molar-refractivity contribution in [1.29, 1.82) is 0 Å². The predicted octanol–water partition coefficient (Wildman–Crippen LogP) is 10.0. The van der Waals surface area contributed by atoms with Crippen molar-refractivity contribution in [3.63, 3.8) is 0 Å². The minimum atomic E-state index is 0.783. The summed E-state index contributed by atoms with van der Waals surface area (Å²) in [5.41, 5.74) is 0. The van der Waals surface area contributed by atoms with E-state index in [1.54, 1.807) is 0 Å². The Morgan fingerprint density at radius 1 is 0.593 bits per heavy atom. The first kappa shape index (κ1) is 26.5. The van der Waals surface area contributed by atoms with Crippen molar-refractivity contribution < 1.29 is 0 Å². The molecular weight excluding hydrogens is 324 g/mol. The lowest BCUT2D eigenvalue weighted by atomic mass is 9.97. The van der Waals surface area contributed by atoms with Gasteiger partial charge in [0.1, 0.15) is 0 Å². The summed E-state index contributed by atoms with van der Waals surface area (Å²) >= 11 is 0. The quantitative estimate of drug-likeness (QED) is 0.146. The van der Waals surface area contributed by atoms with Crippen LogP contribution in [0.5, 0.6) is 0 Å². The zero-order chi connectivity index (χ0) is 20.0. The van der Waals surface area contributed by atoms with Crippen LogP contribution in [0, 0.1) is 11.8 Å². The van der Waals surface area contributed by atoms with Gasteiger partial charge in [-0.25, -0.2) is 0 Å². The van der Waals surface area contributed by atoms with Crippen molar-refractivity contribution in [2.45, 2.75) is 137 Å². The molecule has 0 saturated heterocycles. The van der Waals surface area contributed by atoms with Gasteiger partial charge in [0.25, 0.3) is 0 Å². The van der Waals surface area contributed by atoms with E-state index in [2.05, 4.69) is 52.0 Å². The van der Waals surface area contributed by atoms with E-state index in [-0.39, 0.29) is 0 Å². The highest BCUT2D eigenvalue weighted by molar-refractivity contribution is 5.04. The van der Waals surface area contributed by atoms with Crippen LogP contribution in [0.1, 0.15) is 137 Å². The van der Waals surface area contributed by atoms with Gasteiger partial charge in [0.05, 0.1) is 0 Å². The third-order valence-corrected chi connectivity index (χ3v) is 5.92. The second kappa shape index (κ2) is 21.8. The first-order valence-electron chi connectivity index (χ1n) is 12.6. The molecule has 0 amide bonds. The van der Waals surface area contributed by atoms with Crippen LogP contribution in [0.15, 0.2) is 24.3 Å². The first-order chi connectivity index (χ1) is 13.2. The fourth-order valence-corrected chi connectivity index (χ4v) is 3.80. The van der Waals surface area contributed by atoms with Gasteiger partial charge in [-0.1, -0.05) is 142 Å². The third-order valence-electron chi connectivity index (χ3n) is 5.92. The Hall–Kier alpha value is -0.520. The van der Waals surface area contributed by atoms with Crippen LogP contribution in [0.2, 0.25) is 0 Å². The number of unbranched alkanes of at least 4 members (excludes halogenated alkanes) is 11. The lowest BCUT2D eigenvalue weighted by Gasteiger charge is -2.09. The van der Waals surface area contributed by atoms with Gasteiger partial charge in [-0.3, -0.25) is 0 Å². The van der Waals surface area contributed by atoms with Crippen LogP contribution < -0.4 is 0 Å². The maximum absolute atomic E-state index is 2.45. The standard InChI is InChI=1S/C27H52/c1-5-8-10-12-14-16-20-24-27(7-3)25-21-17-19-23-26(4)22-18-15-13-11-9-6-2/h17,19,21,25-27H,5-16,18,20,22-24H2,1-4H3. The molecule has 0 N–H and O–H groups in total. The van der Waals surface area contributed by atoms with E-state index in [1.807, 2.05) is 0 Å². The summed E-state index contributed by atoms with van der Waals surface area (Å²) in [6.45, 7) is 9.34. The maximum atomic E-state index is 2.45. The molecule has 0 radical (unpaired) electrons. The highest BCUT2D eigenvalue weighted by Gasteiger charge is 2.01. The Morgan fingerprint density at radius 2 is 1.11 bits per heavy atom. The molecule has 0 aliphatic rings. The molecule has 0 fully saturated rings. The molecule has 2 atom stereocenters. The van der Waals surface area contributed by atoms with Crippen LogP contribution in [-0.2, 0) is 0 Å². The molecule has 0 heteroatoms. The Labute approximate surface area is 173 Å². The van der Waals surface area contributed by atoms with Crippen molar-refractivity contribution in [3.05, 3.63) is 24.3 Å². The topological polar surface area (TPSA) is 0 Å². The van der Waals surface area contributed by atoms with Crippen LogP contribution in [0.4, 0.5) is 0 Å². The summed E-state index contributed by atoms with van der Waals surface area (Å²) in [6.07, 6.45) is 33.2. The SMILES string of the molecule is CCCCCCCCCC(C=CC=CCC(C)CCCCCCCC)CC. The summed E-state index contributed by atoms with van der Waals surface area (Å²) in [5, 5.41) is 0. The summed E-state index contributed by atoms with van der Waals surface area (Å²) in [6, 6.07) is 0. The van der Waals surface area contributed by atoms with Crippen molar-refractivity contribution in [3.8, 4) is 0 Å². The van der Waals surface area contributed by atoms with Crippen molar-refractivity contribution in [1.82, 2.24) is 0 Å². The fourth-order valence-electron chi connectivity index (χ4n) is 3.80. The van der Waals surface area contributed by atoms with Gasteiger partial charge < -0.3 is 0 Å². The van der Waals surface area contributed by atoms with Crippen LogP contribution in [0.25, 0.3) is 0 Å². The lowest BCUT2D eigenvalue weighted by Crippen LogP contribution is -1.94. The van der Waals surface area contributed by atoms with E-state index in [1.165, 1.54) is 109 Å². The minimum Gasteiger partial charge on any atom is -0.0843 e. The van der Waals surface area contributed by atoms with E-state index in [0.717, 1.165) is 11.8 Å². The molecule has 0 aromatic carbocycles. The second-order valence-electron chi connectivity index (χ2n) is 8.79. The molecule has 0 saturated carbocycles. The third kappa shape index (κ3) is 20.0. The van der Waals surface area contributed by atoms with Crippen molar-refractivity contribution >= 4 is 0 Å². The summed E-state index contributed by atoms with van der Waals surface area (Å²) in [5.74, 6) is 1.63. The molecule has 0 aliphatic heterocycles. The van der Waals surface area contributed by atoms with E-state index in [0.29, 0.717) is 0 Å². The Balaban J connectivity index is 3.67. The second-order valence-corrected chi connectivity index (χ2v) is 8.79. The minimum absolute atomic E-state index is 0.783. The molecule has 0 aliphatic carbocycles. The molecular formula is C27H52. The van der Waals surface area contributed by atoms with Gasteiger partial charge in [0.15, 0.2) is 0 Å². The van der Waals surface area contributed by atoms with Gasteiger partial charge in [0.2, 0.25) is 0 Å². The maximum Gasteiger partial charge on any atom is -0.0233 e. The number of rotatable bonds is 20. The fraction of sp³-hybridized carbons (Fsp3) is 0.852. The van der Waals surface area contributed by atoms with E-state index in [4.69, 9.17) is 0 Å². The summed E-state index contributed by atoms with van der Waals surface area (Å²) < 4.78 is 0. The Bertz CT molecular complexity index is 325. The monoisotopic (exact) mass is 376 g/mol. The molecule has 0 spiro atoms. The van der Waals surface area contributed by atoms with E-state index < -0.39 is 0 Å². The van der Waals surface area contributed by atoms with Crippen molar-refractivity contribution in [2.75, 3.05) is 0 Å². The highest BCUT2D eigenvalue weighted by atomic mass is 14.1. The van der Waals surface area contributed by atoms with Gasteiger partial charge in [0, 0.05) is 0 Å². The van der Waals surface area contributed by atoms with Gasteiger partial charge in [-0.15, -0.1) is 0 Å². The number of hydrogen-bond donors (Lipinski definition) is 0. The molecule has 160 valence electrons. The smallest absolute Gasteiger partial charge is 0.0233 e. The van der Waals surface area contributed by atoms with E-state index >= 15 is 0 Å². The zero-order valence-electron chi connectivity index (χ0n) is 19.5. The summed E-state index contributed by atoms with van der Waals surface area (Å²) in [7, 11) is 0. The first-order valence-corrected chi connectivity index (χ1v) is 12.6. The predicted molar refractivity (Wildman–Crippen MR) is 126 cm³/mol. The molecule has 0 rings (SSSR count). The molecule has 0 nitrogen and oxygen atoms in total. The van der Waals surface area contributed by atoms with Crippen LogP contribution >= 0.6 is 0 Å². The molecule has 27 heavy (non-hydrogen) atoms.